The maximum absolute atomic E-state index is 12.9. The molecule has 1 amide bonds. The maximum atomic E-state index is 12.9. The second kappa shape index (κ2) is 6.31. The van der Waals surface area contributed by atoms with E-state index in [1.807, 2.05) is 20.8 Å². The van der Waals surface area contributed by atoms with Gasteiger partial charge in [0.25, 0.3) is 5.91 Å². The van der Waals surface area contributed by atoms with Gasteiger partial charge in [-0.05, 0) is 26.7 Å². The van der Waals surface area contributed by atoms with E-state index in [0.29, 0.717) is 25.1 Å². The fourth-order valence-corrected chi connectivity index (χ4v) is 3.47. The molecule has 0 aromatic carbocycles. The zero-order valence-electron chi connectivity index (χ0n) is 14.2. The highest BCUT2D eigenvalue weighted by atomic mass is 16.4. The summed E-state index contributed by atoms with van der Waals surface area (Å²) in [7, 11) is 1.71. The second-order valence-corrected chi connectivity index (χ2v) is 6.43. The fraction of sp³-hybridized carbons (Fsp3) is 0.688. The molecule has 7 heteroatoms. The lowest BCUT2D eigenvalue weighted by Crippen LogP contribution is -2.57. The van der Waals surface area contributed by atoms with Gasteiger partial charge in [-0.1, -0.05) is 13.3 Å². The largest absolute Gasteiger partial charge is 0.481 e. The van der Waals surface area contributed by atoms with Crippen LogP contribution in [0.2, 0.25) is 0 Å². The van der Waals surface area contributed by atoms with Crippen LogP contribution in [0.25, 0.3) is 0 Å². The number of amides is 1. The molecule has 0 radical (unpaired) electrons. The summed E-state index contributed by atoms with van der Waals surface area (Å²) in [5.41, 5.74) is 0.783. The number of piperidine rings is 1. The number of hydrogen-bond acceptors (Lipinski definition) is 4. The van der Waals surface area contributed by atoms with Crippen LogP contribution in [-0.4, -0.2) is 56.0 Å². The number of aliphatic carboxylic acids is 1. The number of hydrogen-bond donors (Lipinski definition) is 2. The Bertz CT molecular complexity index is 625. The lowest BCUT2D eigenvalue weighted by molar-refractivity contribution is -0.162. The van der Waals surface area contributed by atoms with Crippen molar-refractivity contribution < 1.29 is 19.8 Å². The molecule has 1 saturated heterocycles. The van der Waals surface area contributed by atoms with Gasteiger partial charge in [0, 0.05) is 25.7 Å². The third-order valence-corrected chi connectivity index (χ3v) is 4.92. The molecule has 0 bridgehead atoms. The Labute approximate surface area is 135 Å². The Morgan fingerprint density at radius 1 is 1.39 bits per heavy atom. The zero-order valence-corrected chi connectivity index (χ0v) is 14.2. The van der Waals surface area contributed by atoms with Crippen molar-refractivity contribution in [3.05, 3.63) is 17.0 Å². The first-order valence-electron chi connectivity index (χ1n) is 7.95. The van der Waals surface area contributed by atoms with Gasteiger partial charge < -0.3 is 15.1 Å². The van der Waals surface area contributed by atoms with Crippen LogP contribution in [0.15, 0.2) is 0 Å². The van der Waals surface area contributed by atoms with Crippen molar-refractivity contribution >= 4 is 11.9 Å². The number of likely N-dealkylation sites (tertiary alicyclic amines) is 1. The van der Waals surface area contributed by atoms with Crippen LogP contribution >= 0.6 is 0 Å². The maximum Gasteiger partial charge on any atom is 0.314 e. The SMILES string of the molecule is CCC[C@@]1(C(=O)O)CN(C(=O)c2c(C)c(C)nn2C)CC[C@@H]1O. The monoisotopic (exact) mass is 323 g/mol. The van der Waals surface area contributed by atoms with E-state index < -0.39 is 17.5 Å². The van der Waals surface area contributed by atoms with Gasteiger partial charge in [-0.15, -0.1) is 0 Å². The number of carbonyl (C=O) groups is 2. The van der Waals surface area contributed by atoms with Gasteiger partial charge in [0.15, 0.2) is 0 Å². The number of carboxylic acids is 1. The molecule has 1 aromatic heterocycles. The highest BCUT2D eigenvalue weighted by Crippen LogP contribution is 2.36. The predicted molar refractivity (Wildman–Crippen MR) is 84.2 cm³/mol. The Morgan fingerprint density at radius 2 is 2.04 bits per heavy atom. The summed E-state index contributed by atoms with van der Waals surface area (Å²) < 4.78 is 1.54. The number of aliphatic hydroxyl groups excluding tert-OH is 1. The van der Waals surface area contributed by atoms with Gasteiger partial charge in [0.1, 0.15) is 11.1 Å². The van der Waals surface area contributed by atoms with Crippen LogP contribution < -0.4 is 0 Å². The highest BCUT2D eigenvalue weighted by molar-refractivity contribution is 5.94. The molecule has 128 valence electrons. The van der Waals surface area contributed by atoms with Gasteiger partial charge in [-0.25, -0.2) is 0 Å². The van der Waals surface area contributed by atoms with E-state index in [-0.39, 0.29) is 18.9 Å². The van der Waals surface area contributed by atoms with Crippen LogP contribution in [0.4, 0.5) is 0 Å². The third kappa shape index (κ3) is 2.85. The molecule has 1 aliphatic heterocycles. The molecule has 0 spiro atoms. The van der Waals surface area contributed by atoms with Crippen molar-refractivity contribution in [3.63, 3.8) is 0 Å². The van der Waals surface area contributed by atoms with Crippen molar-refractivity contribution in [1.29, 1.82) is 0 Å². The summed E-state index contributed by atoms with van der Waals surface area (Å²) >= 11 is 0. The third-order valence-electron chi connectivity index (χ3n) is 4.92. The summed E-state index contributed by atoms with van der Waals surface area (Å²) in [6, 6.07) is 0. The minimum absolute atomic E-state index is 0.0276. The quantitative estimate of drug-likeness (QED) is 0.865. The van der Waals surface area contributed by atoms with Crippen LogP contribution in [-0.2, 0) is 11.8 Å². The molecule has 1 aliphatic rings. The van der Waals surface area contributed by atoms with Gasteiger partial charge >= 0.3 is 5.97 Å². The molecule has 2 N–H and O–H groups in total. The van der Waals surface area contributed by atoms with Crippen molar-refractivity contribution in [3.8, 4) is 0 Å². The molecular weight excluding hydrogens is 298 g/mol. The summed E-state index contributed by atoms with van der Waals surface area (Å²) in [6.45, 7) is 5.94. The zero-order chi connectivity index (χ0) is 17.4. The topological polar surface area (TPSA) is 95.7 Å². The van der Waals surface area contributed by atoms with Crippen molar-refractivity contribution in [2.75, 3.05) is 13.1 Å². The standard InChI is InChI=1S/C16H25N3O4/c1-5-7-16(15(22)23)9-19(8-6-12(16)20)14(21)13-10(2)11(3)17-18(13)4/h12,20H,5-9H2,1-4H3,(H,22,23)/t12-,16+/m0/s1. The first-order valence-corrected chi connectivity index (χ1v) is 7.95. The lowest BCUT2D eigenvalue weighted by atomic mass is 9.74. The minimum Gasteiger partial charge on any atom is -0.481 e. The lowest BCUT2D eigenvalue weighted by Gasteiger charge is -2.43. The number of carboxylic acid groups (broad SMARTS) is 1. The average Bonchev–Trinajstić information content (AvgIpc) is 2.73. The van der Waals surface area contributed by atoms with Crippen LogP contribution in [0.5, 0.6) is 0 Å². The summed E-state index contributed by atoms with van der Waals surface area (Å²) in [6.07, 6.45) is 0.318. The van der Waals surface area contributed by atoms with Crippen LogP contribution in [0, 0.1) is 19.3 Å². The first kappa shape index (κ1) is 17.5. The van der Waals surface area contributed by atoms with Crippen molar-refractivity contribution in [1.82, 2.24) is 14.7 Å². The second-order valence-electron chi connectivity index (χ2n) is 6.43. The number of carbonyl (C=O) groups excluding carboxylic acids is 1. The minimum atomic E-state index is -1.29. The molecular formula is C16H25N3O4. The number of aromatic nitrogens is 2. The molecule has 2 heterocycles. The van der Waals surface area contributed by atoms with Gasteiger partial charge in [-0.3, -0.25) is 14.3 Å². The van der Waals surface area contributed by atoms with E-state index in [4.69, 9.17) is 0 Å². The molecule has 7 nitrogen and oxygen atoms in total. The number of aliphatic hydroxyl groups is 1. The average molecular weight is 323 g/mol. The smallest absolute Gasteiger partial charge is 0.314 e. The molecule has 2 rings (SSSR count). The van der Waals surface area contributed by atoms with E-state index in [1.54, 1.807) is 16.6 Å². The van der Waals surface area contributed by atoms with Gasteiger partial charge in [0.05, 0.1) is 11.8 Å². The fourth-order valence-electron chi connectivity index (χ4n) is 3.47. The van der Waals surface area contributed by atoms with Gasteiger partial charge in [-0.2, -0.15) is 5.10 Å². The molecule has 23 heavy (non-hydrogen) atoms. The van der Waals surface area contributed by atoms with Crippen LogP contribution in [0.1, 0.15) is 47.9 Å². The van der Waals surface area contributed by atoms with E-state index in [2.05, 4.69) is 5.10 Å². The summed E-state index contributed by atoms with van der Waals surface area (Å²) in [5.74, 6) is -1.26. The summed E-state index contributed by atoms with van der Waals surface area (Å²) in [5, 5.41) is 24.2. The first-order chi connectivity index (χ1) is 10.7. The Balaban J connectivity index is 2.34. The highest BCUT2D eigenvalue weighted by Gasteiger charge is 2.49. The normalized spacial score (nSPS) is 24.7. The Kier molecular flexibility index (Phi) is 4.79. The molecule has 1 fully saturated rings. The van der Waals surface area contributed by atoms with E-state index >= 15 is 0 Å². The van der Waals surface area contributed by atoms with Crippen molar-refractivity contribution in [2.45, 2.75) is 46.1 Å². The number of nitrogens with zero attached hydrogens (tertiary/aromatic N) is 3. The van der Waals surface area contributed by atoms with Gasteiger partial charge in [0.2, 0.25) is 0 Å². The predicted octanol–water partition coefficient (Wildman–Crippen LogP) is 1.11. The van der Waals surface area contributed by atoms with Crippen molar-refractivity contribution in [2.24, 2.45) is 12.5 Å². The number of aryl methyl sites for hydroxylation is 2. The van der Waals surface area contributed by atoms with E-state index in [9.17, 15) is 19.8 Å². The molecule has 2 atom stereocenters. The van der Waals surface area contributed by atoms with Crippen LogP contribution in [0.3, 0.4) is 0 Å². The molecule has 0 unspecified atom stereocenters. The Hall–Kier alpha value is -1.89. The molecule has 0 aliphatic carbocycles. The molecule has 0 saturated carbocycles. The van der Waals surface area contributed by atoms with E-state index in [0.717, 1.165) is 11.3 Å². The Morgan fingerprint density at radius 3 is 2.52 bits per heavy atom. The summed E-state index contributed by atoms with van der Waals surface area (Å²) in [4.78, 5) is 26.2. The molecule has 1 aromatic rings. The van der Waals surface area contributed by atoms with E-state index in [1.165, 1.54) is 0 Å². The number of rotatable bonds is 4.